The zero-order chi connectivity index (χ0) is 20.9. The molecule has 30 heavy (non-hydrogen) atoms. The third kappa shape index (κ3) is 4.75. The molecule has 0 aliphatic heterocycles. The fourth-order valence-electron chi connectivity index (χ4n) is 2.89. The Kier molecular flexibility index (Phi) is 5.90. The van der Waals surface area contributed by atoms with Crippen LogP contribution in [0.5, 0.6) is 0 Å². The molecule has 7 heteroatoms. The van der Waals surface area contributed by atoms with Crippen molar-refractivity contribution in [3.05, 3.63) is 95.8 Å². The fraction of sp³-hybridized carbons (Fsp3) is 0.0870. The molecule has 150 valence electrons. The molecule has 0 saturated carbocycles. The molecule has 0 aliphatic rings. The maximum atomic E-state index is 13.2. The Hall–Kier alpha value is -3.45. The number of H-pyrrole nitrogens is 1. The van der Waals surface area contributed by atoms with Gasteiger partial charge in [0, 0.05) is 11.3 Å². The number of nitrogens with zero attached hydrogens (tertiary/aromatic N) is 2. The second-order valence-electron chi connectivity index (χ2n) is 6.74. The molecule has 0 saturated heterocycles. The summed E-state index contributed by atoms with van der Waals surface area (Å²) in [7, 11) is 0. The van der Waals surface area contributed by atoms with Crippen LogP contribution in [-0.2, 0) is 4.79 Å². The average molecular weight is 418 g/mol. The molecule has 1 heterocycles. The highest BCUT2D eigenvalue weighted by Gasteiger charge is 2.24. The van der Waals surface area contributed by atoms with E-state index in [0.29, 0.717) is 16.7 Å². The fourth-order valence-corrected chi connectivity index (χ4v) is 3.80. The second kappa shape index (κ2) is 8.92. The standard InChI is InChI=1S/C23H19FN4OS/c1-15-7-9-17(10-8-15)21-26-23(28-27-21)30-20(16-5-3-2-4-6-16)22(29)25-19-13-11-18(24)12-14-19/h2-14,20H,1H3,(H,25,29)(H,26,27,28). The van der Waals surface area contributed by atoms with Crippen molar-refractivity contribution in [2.45, 2.75) is 17.3 Å². The van der Waals surface area contributed by atoms with E-state index in [1.807, 2.05) is 61.5 Å². The van der Waals surface area contributed by atoms with Crippen molar-refractivity contribution in [3.8, 4) is 11.4 Å². The van der Waals surface area contributed by atoms with Crippen molar-refractivity contribution in [2.75, 3.05) is 5.32 Å². The Morgan fingerprint density at radius 3 is 2.40 bits per heavy atom. The number of aromatic amines is 1. The summed E-state index contributed by atoms with van der Waals surface area (Å²) >= 11 is 1.25. The number of aromatic nitrogens is 3. The third-order valence-corrected chi connectivity index (χ3v) is 5.58. The number of hydrogen-bond donors (Lipinski definition) is 2. The number of halogens is 1. The number of nitrogens with one attached hydrogen (secondary N) is 2. The van der Waals surface area contributed by atoms with Gasteiger partial charge in [-0.1, -0.05) is 71.9 Å². The van der Waals surface area contributed by atoms with Crippen molar-refractivity contribution >= 4 is 23.4 Å². The number of hydrogen-bond acceptors (Lipinski definition) is 4. The number of carbonyl (C=O) groups excluding carboxylic acids is 1. The Labute approximate surface area is 177 Å². The molecule has 1 aromatic heterocycles. The maximum Gasteiger partial charge on any atom is 0.242 e. The second-order valence-corrected chi connectivity index (χ2v) is 7.81. The summed E-state index contributed by atoms with van der Waals surface area (Å²) in [5, 5.41) is 9.95. The van der Waals surface area contributed by atoms with Crippen LogP contribution in [0.15, 0.2) is 84.0 Å². The molecule has 3 aromatic carbocycles. The molecule has 5 nitrogen and oxygen atoms in total. The van der Waals surface area contributed by atoms with Crippen LogP contribution in [0.2, 0.25) is 0 Å². The lowest BCUT2D eigenvalue weighted by Gasteiger charge is -2.15. The first-order chi connectivity index (χ1) is 14.6. The van der Waals surface area contributed by atoms with E-state index in [9.17, 15) is 9.18 Å². The Morgan fingerprint density at radius 2 is 1.70 bits per heavy atom. The van der Waals surface area contributed by atoms with Gasteiger partial charge in [-0.3, -0.25) is 9.89 Å². The summed E-state index contributed by atoms with van der Waals surface area (Å²) < 4.78 is 13.2. The first-order valence-electron chi connectivity index (χ1n) is 9.36. The van der Waals surface area contributed by atoms with Crippen LogP contribution in [0.3, 0.4) is 0 Å². The van der Waals surface area contributed by atoms with Gasteiger partial charge < -0.3 is 5.32 Å². The van der Waals surface area contributed by atoms with Gasteiger partial charge in [-0.05, 0) is 36.8 Å². The Balaban J connectivity index is 1.57. The number of carbonyl (C=O) groups is 1. The van der Waals surface area contributed by atoms with Crippen molar-refractivity contribution in [1.29, 1.82) is 0 Å². The molecule has 0 aliphatic carbocycles. The predicted molar refractivity (Wildman–Crippen MR) is 117 cm³/mol. The number of aryl methyl sites for hydroxylation is 1. The van der Waals surface area contributed by atoms with Gasteiger partial charge in [0.05, 0.1) is 0 Å². The average Bonchev–Trinajstić information content (AvgIpc) is 3.23. The summed E-state index contributed by atoms with van der Waals surface area (Å²) in [6.07, 6.45) is 0. The van der Waals surface area contributed by atoms with Crippen molar-refractivity contribution in [1.82, 2.24) is 15.2 Å². The maximum absolute atomic E-state index is 13.2. The quantitative estimate of drug-likeness (QED) is 0.412. The van der Waals surface area contributed by atoms with Crippen molar-refractivity contribution in [2.24, 2.45) is 0 Å². The van der Waals surface area contributed by atoms with E-state index < -0.39 is 5.25 Å². The van der Waals surface area contributed by atoms with Crippen LogP contribution in [0.1, 0.15) is 16.4 Å². The van der Waals surface area contributed by atoms with Gasteiger partial charge in [-0.25, -0.2) is 9.37 Å². The van der Waals surface area contributed by atoms with Crippen molar-refractivity contribution in [3.63, 3.8) is 0 Å². The number of benzene rings is 3. The minimum atomic E-state index is -0.571. The van der Waals surface area contributed by atoms with Crippen LogP contribution in [0.25, 0.3) is 11.4 Å². The third-order valence-electron chi connectivity index (χ3n) is 4.47. The van der Waals surface area contributed by atoms with Gasteiger partial charge in [-0.15, -0.1) is 5.10 Å². The molecule has 1 unspecified atom stereocenters. The van der Waals surface area contributed by atoms with E-state index in [-0.39, 0.29) is 11.7 Å². The molecular weight excluding hydrogens is 399 g/mol. The zero-order valence-electron chi connectivity index (χ0n) is 16.2. The van der Waals surface area contributed by atoms with Gasteiger partial charge in [0.25, 0.3) is 0 Å². The molecule has 4 aromatic rings. The van der Waals surface area contributed by atoms with E-state index in [2.05, 4.69) is 20.5 Å². The highest BCUT2D eigenvalue weighted by molar-refractivity contribution is 8.00. The summed E-state index contributed by atoms with van der Waals surface area (Å²) in [5.41, 5.74) is 3.43. The number of thioether (sulfide) groups is 1. The van der Waals surface area contributed by atoms with Crippen LogP contribution >= 0.6 is 11.8 Å². The monoisotopic (exact) mass is 418 g/mol. The predicted octanol–water partition coefficient (Wildman–Crippen LogP) is 5.39. The van der Waals surface area contributed by atoms with Gasteiger partial charge in [0.15, 0.2) is 5.82 Å². The van der Waals surface area contributed by atoms with E-state index in [4.69, 9.17) is 0 Å². The summed E-state index contributed by atoms with van der Waals surface area (Å²) in [6, 6.07) is 23.1. The lowest BCUT2D eigenvalue weighted by molar-refractivity contribution is -0.115. The van der Waals surface area contributed by atoms with E-state index in [1.54, 1.807) is 0 Å². The number of rotatable bonds is 6. The SMILES string of the molecule is Cc1ccc(-c2nc(SC(C(=O)Nc3ccc(F)cc3)c3ccccc3)n[nH]2)cc1. The van der Waals surface area contributed by atoms with Gasteiger partial charge >= 0.3 is 0 Å². The first kappa shape index (κ1) is 19.8. The summed E-state index contributed by atoms with van der Waals surface area (Å²) in [5.74, 6) is 0.0501. The highest BCUT2D eigenvalue weighted by Crippen LogP contribution is 2.35. The van der Waals surface area contributed by atoms with Crippen molar-refractivity contribution < 1.29 is 9.18 Å². The summed E-state index contributed by atoms with van der Waals surface area (Å²) in [6.45, 7) is 2.02. The smallest absolute Gasteiger partial charge is 0.242 e. The lowest BCUT2D eigenvalue weighted by Crippen LogP contribution is -2.19. The first-order valence-corrected chi connectivity index (χ1v) is 10.2. The molecule has 0 radical (unpaired) electrons. The minimum Gasteiger partial charge on any atom is -0.325 e. The molecule has 0 spiro atoms. The molecule has 0 bridgehead atoms. The molecule has 2 N–H and O–H groups in total. The summed E-state index contributed by atoms with van der Waals surface area (Å²) in [4.78, 5) is 17.6. The molecule has 1 amide bonds. The Bertz CT molecular complexity index is 1130. The van der Waals surface area contributed by atoms with Gasteiger partial charge in [-0.2, -0.15) is 0 Å². The molecule has 1 atom stereocenters. The van der Waals surface area contributed by atoms with Crippen LogP contribution in [0.4, 0.5) is 10.1 Å². The topological polar surface area (TPSA) is 70.7 Å². The lowest BCUT2D eigenvalue weighted by atomic mass is 10.1. The number of anilines is 1. The van der Waals surface area contributed by atoms with Gasteiger partial charge in [0.1, 0.15) is 11.1 Å². The largest absolute Gasteiger partial charge is 0.325 e. The van der Waals surface area contributed by atoms with Gasteiger partial charge in [0.2, 0.25) is 11.1 Å². The molecule has 0 fully saturated rings. The van der Waals surface area contributed by atoms with E-state index in [0.717, 1.165) is 16.7 Å². The van der Waals surface area contributed by atoms with Crippen LogP contribution < -0.4 is 5.32 Å². The Morgan fingerprint density at radius 1 is 1.00 bits per heavy atom. The zero-order valence-corrected chi connectivity index (χ0v) is 17.0. The normalized spacial score (nSPS) is 11.8. The number of amides is 1. The van der Waals surface area contributed by atoms with Crippen LogP contribution in [-0.4, -0.2) is 21.1 Å². The van der Waals surface area contributed by atoms with E-state index in [1.165, 1.54) is 36.0 Å². The minimum absolute atomic E-state index is 0.237. The molecular formula is C23H19FN4OS. The van der Waals surface area contributed by atoms with Crippen LogP contribution in [0, 0.1) is 12.7 Å². The highest BCUT2D eigenvalue weighted by atomic mass is 32.2. The van der Waals surface area contributed by atoms with E-state index >= 15 is 0 Å². The molecule has 4 rings (SSSR count).